The van der Waals surface area contributed by atoms with Crippen molar-refractivity contribution in [3.63, 3.8) is 0 Å². The highest BCUT2D eigenvalue weighted by Crippen LogP contribution is 2.38. The number of nitrogens with zero attached hydrogens (tertiary/aromatic N) is 4. The SMILES string of the molecule is Cc1c(C2C=CC=C(OCC(=O)CCCCCCC(=O)COC3=CC=CC(c4c(C)c(C(=O)c5ccc6[nH]c(=O)n(CC(=O)O)c(=O)c6c5)n5ccccc45)C3=N)C2=N)c2ccccn2c1C(=O)c1ccc2[nH]c(=O)n(CC(=O)O)c(=O)c2c1. The van der Waals surface area contributed by atoms with E-state index in [1.807, 2.05) is 12.1 Å². The molecule has 6 aromatic heterocycles. The van der Waals surface area contributed by atoms with Gasteiger partial charge in [0.2, 0.25) is 11.6 Å². The lowest BCUT2D eigenvalue weighted by molar-refractivity contribution is -0.138. The number of hydrogen-bond acceptors (Lipinski definition) is 14. The molecule has 22 nitrogen and oxygen atoms in total. The molecule has 0 radical (unpaired) electrons. The summed E-state index contributed by atoms with van der Waals surface area (Å²) in [5.41, 5.74) is 1.37. The van der Waals surface area contributed by atoms with Gasteiger partial charge in [0, 0.05) is 36.4 Å². The van der Waals surface area contributed by atoms with Crippen LogP contribution < -0.4 is 22.5 Å². The molecule has 0 saturated heterocycles. The quantitative estimate of drug-likeness (QED) is 0.0284. The Balaban J connectivity index is 0.700. The number of hydrogen-bond donors (Lipinski definition) is 6. The topological polar surface area (TPSA) is 328 Å². The summed E-state index contributed by atoms with van der Waals surface area (Å²) in [6, 6.07) is 19.1. The van der Waals surface area contributed by atoms with Gasteiger partial charge in [0.1, 0.15) is 37.8 Å². The fourth-order valence-electron chi connectivity index (χ4n) is 11.1. The summed E-state index contributed by atoms with van der Waals surface area (Å²) in [5, 5.41) is 36.8. The van der Waals surface area contributed by atoms with Gasteiger partial charge in [-0.15, -0.1) is 0 Å². The van der Waals surface area contributed by atoms with E-state index < -0.39 is 70.9 Å². The molecule has 0 fully saturated rings. The van der Waals surface area contributed by atoms with Crippen LogP contribution >= 0.6 is 0 Å². The maximum Gasteiger partial charge on any atom is 0.329 e. The maximum absolute atomic E-state index is 14.3. The second-order valence-electron chi connectivity index (χ2n) is 20.5. The van der Waals surface area contributed by atoms with Gasteiger partial charge < -0.3 is 49.3 Å². The molecule has 2 aliphatic rings. The minimum Gasteiger partial charge on any atom is -0.484 e. The molecule has 84 heavy (non-hydrogen) atoms. The Kier molecular flexibility index (Phi) is 15.8. The number of aromatic nitrogens is 6. The lowest BCUT2D eigenvalue weighted by atomic mass is 9.87. The van der Waals surface area contributed by atoms with Crippen LogP contribution in [0.1, 0.15) is 105 Å². The number of rotatable bonds is 23. The van der Waals surface area contributed by atoms with E-state index in [1.54, 1.807) is 95.8 Å². The number of ether oxygens (including phenoxy) is 2. The van der Waals surface area contributed by atoms with Crippen LogP contribution in [0.4, 0.5) is 0 Å². The van der Waals surface area contributed by atoms with Crippen molar-refractivity contribution in [1.82, 2.24) is 27.9 Å². The Morgan fingerprint density at radius 3 is 1.36 bits per heavy atom. The third-order valence-corrected chi connectivity index (χ3v) is 15.1. The summed E-state index contributed by atoms with van der Waals surface area (Å²) in [4.78, 5) is 134. The Bertz CT molecular complexity index is 4270. The largest absolute Gasteiger partial charge is 0.484 e. The number of allylic oxidation sites excluding steroid dienone is 8. The number of ketones is 4. The summed E-state index contributed by atoms with van der Waals surface area (Å²) in [6.45, 7) is 1.25. The van der Waals surface area contributed by atoms with Crippen LogP contribution in [0.25, 0.3) is 32.8 Å². The van der Waals surface area contributed by atoms with Crippen LogP contribution in [0.2, 0.25) is 0 Å². The highest BCUT2D eigenvalue weighted by molar-refractivity contribution is 6.14. The standard InChI is InChI=1S/C62H54N8O14/c1-33-51(45-17-7-9-25-67(45)55(33)57(77)35-21-23-43-41(27-35)59(79)69(29-49(73)74)61(81)65-43)39-15-11-19-47(53(39)63)83-31-37(71)13-5-3-4-6-14-38(72)32-84-48-20-12-16-40(54(48)64)52-34(2)56(68-26-10-8-18-46(52)68)58(78)36-22-24-44-42(28-36)60(80)70(30-50(75)76)62(82)66-44/h7-12,15-28,39-40,63-64H,3-6,13-14,29-32H2,1-2H3,(H,65,81)(H,66,82)(H,73,74)(H,75,76). The minimum atomic E-state index is -1.39. The number of aliphatic carboxylic acids is 2. The molecule has 22 heteroatoms. The first-order chi connectivity index (χ1) is 40.3. The average molecular weight is 1140 g/mol. The van der Waals surface area contributed by atoms with E-state index in [9.17, 15) is 69.0 Å². The molecule has 2 aliphatic carbocycles. The fourth-order valence-corrected chi connectivity index (χ4v) is 11.1. The van der Waals surface area contributed by atoms with Gasteiger partial charge in [-0.05, 0) is 122 Å². The summed E-state index contributed by atoms with van der Waals surface area (Å²) in [5.74, 6) is -4.98. The summed E-state index contributed by atoms with van der Waals surface area (Å²) in [6.07, 6.45) is 16.5. The molecule has 0 amide bonds. The number of carboxylic acids is 2. The lowest BCUT2D eigenvalue weighted by Gasteiger charge is -2.21. The van der Waals surface area contributed by atoms with Gasteiger partial charge in [0.05, 0.1) is 67.5 Å². The number of aromatic amines is 2. The van der Waals surface area contributed by atoms with E-state index in [2.05, 4.69) is 9.97 Å². The number of carboxylic acid groups (broad SMARTS) is 2. The van der Waals surface area contributed by atoms with Crippen LogP contribution in [0.5, 0.6) is 0 Å². The first-order valence-corrected chi connectivity index (χ1v) is 26.8. The molecule has 2 aromatic carbocycles. The Labute approximate surface area is 474 Å². The van der Waals surface area contributed by atoms with Crippen molar-refractivity contribution in [2.45, 2.75) is 77.3 Å². The van der Waals surface area contributed by atoms with Crippen LogP contribution in [0.15, 0.2) is 152 Å². The number of Topliss-reactive ketones (excluding diaryl/α,β-unsaturated/α-hetero) is 2. The van der Waals surface area contributed by atoms with Crippen LogP contribution in [0, 0.1) is 24.7 Å². The normalized spacial score (nSPS) is 15.0. The summed E-state index contributed by atoms with van der Waals surface area (Å²) in [7, 11) is 0. The number of unbranched alkanes of at least 4 members (excludes halogenated alkanes) is 3. The molecule has 2 unspecified atom stereocenters. The van der Waals surface area contributed by atoms with E-state index >= 15 is 0 Å². The van der Waals surface area contributed by atoms with Crippen molar-refractivity contribution >= 4 is 79.3 Å². The van der Waals surface area contributed by atoms with Crippen molar-refractivity contribution < 1.29 is 48.5 Å². The monoisotopic (exact) mass is 1130 g/mol. The number of nitrogens with one attached hydrogen (secondary N) is 4. The Morgan fingerprint density at radius 2 is 0.964 bits per heavy atom. The molecule has 0 aliphatic heterocycles. The second kappa shape index (κ2) is 23.4. The van der Waals surface area contributed by atoms with E-state index in [4.69, 9.17) is 9.47 Å². The Morgan fingerprint density at radius 1 is 0.560 bits per heavy atom. The smallest absolute Gasteiger partial charge is 0.329 e. The maximum atomic E-state index is 14.3. The number of fused-ring (bicyclic) bond motifs is 4. The molecule has 6 N–H and O–H groups in total. The fraction of sp³-hybridized carbons (Fsp3) is 0.226. The van der Waals surface area contributed by atoms with Crippen molar-refractivity contribution in [3.8, 4) is 0 Å². The molecule has 10 rings (SSSR count). The molecular formula is C62H54N8O14. The summed E-state index contributed by atoms with van der Waals surface area (Å²) < 4.78 is 16.3. The van der Waals surface area contributed by atoms with Crippen LogP contribution in [0.3, 0.4) is 0 Å². The van der Waals surface area contributed by atoms with Crippen molar-refractivity contribution in [1.29, 1.82) is 10.8 Å². The van der Waals surface area contributed by atoms with Gasteiger partial charge in [-0.3, -0.25) is 38.4 Å². The van der Waals surface area contributed by atoms with E-state index in [1.165, 1.54) is 36.4 Å². The average Bonchev–Trinajstić information content (AvgIpc) is 2.03. The third kappa shape index (κ3) is 10.9. The molecule has 0 bridgehead atoms. The van der Waals surface area contributed by atoms with Crippen molar-refractivity contribution in [2.24, 2.45) is 0 Å². The molecule has 426 valence electrons. The number of carbonyl (C=O) groups is 6. The third-order valence-electron chi connectivity index (χ3n) is 15.1. The highest BCUT2D eigenvalue weighted by atomic mass is 16.5. The number of carbonyl (C=O) groups excluding carboxylic acids is 4. The van der Waals surface area contributed by atoms with Gasteiger partial charge in [-0.2, -0.15) is 0 Å². The zero-order chi connectivity index (χ0) is 59.7. The van der Waals surface area contributed by atoms with Gasteiger partial charge >= 0.3 is 23.3 Å². The molecule has 8 aromatic rings. The van der Waals surface area contributed by atoms with Gasteiger partial charge in [0.15, 0.2) is 11.6 Å². The zero-order valence-electron chi connectivity index (χ0n) is 45.4. The van der Waals surface area contributed by atoms with Crippen molar-refractivity contribution in [3.05, 3.63) is 220 Å². The predicted molar refractivity (Wildman–Crippen MR) is 309 cm³/mol. The van der Waals surface area contributed by atoms with Crippen LogP contribution in [-0.2, 0) is 41.7 Å². The number of pyridine rings is 2. The van der Waals surface area contributed by atoms with Gasteiger partial charge in [-0.25, -0.2) is 18.7 Å². The second-order valence-corrected chi connectivity index (χ2v) is 20.5. The summed E-state index contributed by atoms with van der Waals surface area (Å²) >= 11 is 0. The van der Waals surface area contributed by atoms with E-state index in [0.29, 0.717) is 68.1 Å². The predicted octanol–water partition coefficient (Wildman–Crippen LogP) is 6.77. The molecule has 2 atom stereocenters. The van der Waals surface area contributed by atoms with Gasteiger partial charge in [-0.1, -0.05) is 49.3 Å². The van der Waals surface area contributed by atoms with Crippen LogP contribution in [-0.4, -0.2) is 97.8 Å². The van der Waals surface area contributed by atoms with Crippen molar-refractivity contribution in [2.75, 3.05) is 13.2 Å². The van der Waals surface area contributed by atoms with Gasteiger partial charge in [0.25, 0.3) is 11.1 Å². The molecular weight excluding hydrogens is 1080 g/mol. The first kappa shape index (κ1) is 56.6. The number of H-pyrrole nitrogens is 2. The van der Waals surface area contributed by atoms with E-state index in [-0.39, 0.29) is 105 Å². The first-order valence-electron chi connectivity index (χ1n) is 26.8. The Hall–Kier alpha value is -10.6. The van der Waals surface area contributed by atoms with E-state index in [0.717, 1.165) is 0 Å². The molecule has 0 saturated carbocycles. The zero-order valence-corrected chi connectivity index (χ0v) is 45.4. The highest BCUT2D eigenvalue weighted by Gasteiger charge is 2.33. The number of benzene rings is 2. The minimum absolute atomic E-state index is 0.0426. The molecule has 6 heterocycles. The molecule has 0 spiro atoms. The lowest BCUT2D eigenvalue weighted by Crippen LogP contribution is -2.37.